The summed E-state index contributed by atoms with van der Waals surface area (Å²) in [7, 11) is -0.491. The van der Waals surface area contributed by atoms with Crippen LogP contribution in [0.3, 0.4) is 0 Å². The highest BCUT2D eigenvalue weighted by molar-refractivity contribution is 8.15. The fourth-order valence-electron chi connectivity index (χ4n) is 0.778. The highest BCUT2D eigenvalue weighted by Gasteiger charge is 2.13. The molecule has 0 saturated heterocycles. The fourth-order valence-corrected chi connectivity index (χ4v) is 1.37. The number of hydrogen-bond acceptors (Lipinski definition) is 3. The SMILES string of the molecule is C[SH](C)c1ncc(C(F)F)c(N)n1. The zero-order valence-electron chi connectivity index (χ0n) is 7.33. The molecule has 1 aromatic rings. The number of nitrogen functional groups attached to an aromatic ring is 1. The summed E-state index contributed by atoms with van der Waals surface area (Å²) in [6.07, 6.45) is 2.37. The third-order valence-electron chi connectivity index (χ3n) is 1.47. The van der Waals surface area contributed by atoms with Crippen molar-refractivity contribution < 1.29 is 8.78 Å². The molecule has 0 aliphatic heterocycles. The maximum absolute atomic E-state index is 12.2. The number of rotatable bonds is 2. The van der Waals surface area contributed by atoms with Crippen LogP contribution in [0, 0.1) is 0 Å². The molecule has 13 heavy (non-hydrogen) atoms. The van der Waals surface area contributed by atoms with Crippen LogP contribution in [-0.2, 0) is 0 Å². The number of thiol groups is 1. The quantitative estimate of drug-likeness (QED) is 0.572. The van der Waals surface area contributed by atoms with Gasteiger partial charge < -0.3 is 5.73 Å². The van der Waals surface area contributed by atoms with Crippen LogP contribution < -0.4 is 5.73 Å². The summed E-state index contributed by atoms with van der Waals surface area (Å²) in [4.78, 5) is 7.63. The molecule has 0 radical (unpaired) electrons. The molecule has 0 amide bonds. The van der Waals surface area contributed by atoms with Crippen molar-refractivity contribution in [1.82, 2.24) is 9.97 Å². The van der Waals surface area contributed by atoms with Crippen molar-refractivity contribution in [3.05, 3.63) is 11.8 Å². The first-order chi connectivity index (χ1) is 6.02. The lowest BCUT2D eigenvalue weighted by atomic mass is 10.3. The first-order valence-corrected chi connectivity index (χ1v) is 5.84. The molecule has 1 heterocycles. The summed E-state index contributed by atoms with van der Waals surface area (Å²) in [5.74, 6) is -0.115. The summed E-state index contributed by atoms with van der Waals surface area (Å²) in [6.45, 7) is 0. The molecule has 0 unspecified atom stereocenters. The van der Waals surface area contributed by atoms with Crippen molar-refractivity contribution >= 4 is 16.7 Å². The average molecular weight is 207 g/mol. The Hall–Kier alpha value is -0.910. The third kappa shape index (κ3) is 2.27. The molecule has 1 rings (SSSR count). The molecule has 6 heteroatoms. The molecule has 0 fully saturated rings. The van der Waals surface area contributed by atoms with Crippen LogP contribution in [0.1, 0.15) is 12.0 Å². The van der Waals surface area contributed by atoms with Crippen LogP contribution in [0.15, 0.2) is 11.4 Å². The molecule has 0 atom stereocenters. The minimum absolute atomic E-state index is 0.115. The summed E-state index contributed by atoms with van der Waals surface area (Å²) in [5.41, 5.74) is 5.05. The van der Waals surface area contributed by atoms with E-state index in [-0.39, 0.29) is 11.4 Å². The molecule has 0 aliphatic rings. The van der Waals surface area contributed by atoms with Crippen molar-refractivity contribution in [3.8, 4) is 0 Å². The normalized spacial score (nSPS) is 11.9. The van der Waals surface area contributed by atoms with Crippen LogP contribution in [0.4, 0.5) is 14.6 Å². The van der Waals surface area contributed by atoms with E-state index in [0.29, 0.717) is 5.16 Å². The Morgan fingerprint density at radius 3 is 2.46 bits per heavy atom. The van der Waals surface area contributed by atoms with Crippen molar-refractivity contribution in [2.45, 2.75) is 11.6 Å². The lowest BCUT2D eigenvalue weighted by Crippen LogP contribution is -2.02. The van der Waals surface area contributed by atoms with Crippen LogP contribution in [0.25, 0.3) is 0 Å². The number of nitrogens with zero attached hydrogens (tertiary/aromatic N) is 2. The molecular formula is C7H11F2N3S. The van der Waals surface area contributed by atoms with Gasteiger partial charge in [-0.2, -0.15) is 10.9 Å². The van der Waals surface area contributed by atoms with Crippen LogP contribution in [0.2, 0.25) is 0 Å². The predicted molar refractivity (Wildman–Crippen MR) is 50.5 cm³/mol. The molecule has 2 N–H and O–H groups in total. The topological polar surface area (TPSA) is 51.8 Å². The number of halogens is 2. The smallest absolute Gasteiger partial charge is 0.268 e. The van der Waals surface area contributed by atoms with Crippen LogP contribution in [-0.4, -0.2) is 22.5 Å². The summed E-state index contributed by atoms with van der Waals surface area (Å²) in [5, 5.41) is 0.553. The van der Waals surface area contributed by atoms with Gasteiger partial charge in [0, 0.05) is 6.20 Å². The number of anilines is 1. The Morgan fingerprint density at radius 1 is 1.46 bits per heavy atom. The van der Waals surface area contributed by atoms with Crippen molar-refractivity contribution in [1.29, 1.82) is 0 Å². The molecule has 74 valence electrons. The van der Waals surface area contributed by atoms with Gasteiger partial charge in [0.2, 0.25) is 0 Å². The monoisotopic (exact) mass is 207 g/mol. The Morgan fingerprint density at radius 2 is 2.08 bits per heavy atom. The number of nitrogens with two attached hydrogens (primary N) is 1. The highest BCUT2D eigenvalue weighted by atomic mass is 32.2. The molecule has 3 nitrogen and oxygen atoms in total. The number of alkyl halides is 2. The van der Waals surface area contributed by atoms with E-state index in [1.807, 2.05) is 12.5 Å². The van der Waals surface area contributed by atoms with Gasteiger partial charge in [-0.15, -0.1) is 0 Å². The molecule has 0 aliphatic carbocycles. The van der Waals surface area contributed by atoms with Gasteiger partial charge in [-0.1, -0.05) is 0 Å². The third-order valence-corrected chi connectivity index (χ3v) is 2.49. The van der Waals surface area contributed by atoms with E-state index in [0.717, 1.165) is 6.20 Å². The van der Waals surface area contributed by atoms with Gasteiger partial charge in [-0.3, -0.25) is 0 Å². The van der Waals surface area contributed by atoms with Crippen LogP contribution in [0.5, 0.6) is 0 Å². The van der Waals surface area contributed by atoms with Gasteiger partial charge in [0.05, 0.1) is 5.56 Å². The molecule has 0 bridgehead atoms. The minimum atomic E-state index is -2.60. The average Bonchev–Trinajstić information content (AvgIpc) is 2.03. The Labute approximate surface area is 77.7 Å². The zero-order valence-corrected chi connectivity index (χ0v) is 8.22. The van der Waals surface area contributed by atoms with Gasteiger partial charge >= 0.3 is 0 Å². The number of aromatic nitrogens is 2. The van der Waals surface area contributed by atoms with E-state index in [1.54, 1.807) is 0 Å². The Balaban J connectivity index is 3.06. The van der Waals surface area contributed by atoms with E-state index in [9.17, 15) is 8.78 Å². The number of hydrogen-bond donors (Lipinski definition) is 2. The second-order valence-electron chi connectivity index (χ2n) is 2.71. The van der Waals surface area contributed by atoms with E-state index in [2.05, 4.69) is 9.97 Å². The van der Waals surface area contributed by atoms with Gasteiger partial charge in [-0.25, -0.2) is 18.7 Å². The molecule has 1 aromatic heterocycles. The Kier molecular flexibility index (Phi) is 3.02. The second-order valence-corrected chi connectivity index (χ2v) is 4.89. The van der Waals surface area contributed by atoms with Crippen molar-refractivity contribution in [3.63, 3.8) is 0 Å². The van der Waals surface area contributed by atoms with Gasteiger partial charge in [-0.05, 0) is 12.5 Å². The summed E-state index contributed by atoms with van der Waals surface area (Å²) < 4.78 is 24.4. The lowest BCUT2D eigenvalue weighted by molar-refractivity contribution is 0.151. The highest BCUT2D eigenvalue weighted by Crippen LogP contribution is 2.28. The Bertz CT molecular complexity index is 304. The van der Waals surface area contributed by atoms with Gasteiger partial charge in [0.1, 0.15) is 5.82 Å². The van der Waals surface area contributed by atoms with E-state index < -0.39 is 17.3 Å². The van der Waals surface area contributed by atoms with Crippen molar-refractivity contribution in [2.75, 3.05) is 18.2 Å². The minimum Gasteiger partial charge on any atom is -0.383 e. The molecule has 0 spiro atoms. The summed E-state index contributed by atoms with van der Waals surface area (Å²) in [6, 6.07) is 0. The zero-order chi connectivity index (χ0) is 10.0. The van der Waals surface area contributed by atoms with Gasteiger partial charge in [0.25, 0.3) is 6.43 Å². The van der Waals surface area contributed by atoms with Crippen molar-refractivity contribution in [2.24, 2.45) is 0 Å². The lowest BCUT2D eigenvalue weighted by Gasteiger charge is -2.09. The van der Waals surface area contributed by atoms with Gasteiger partial charge in [0.15, 0.2) is 5.16 Å². The largest absolute Gasteiger partial charge is 0.383 e. The second kappa shape index (κ2) is 3.87. The maximum atomic E-state index is 12.2. The fraction of sp³-hybridized carbons (Fsp3) is 0.429. The maximum Gasteiger partial charge on any atom is 0.268 e. The molecule has 0 saturated carbocycles. The first kappa shape index (κ1) is 10.2. The molecule has 0 aromatic carbocycles. The molecular weight excluding hydrogens is 196 g/mol. The van der Waals surface area contributed by atoms with E-state index >= 15 is 0 Å². The summed E-state index contributed by atoms with van der Waals surface area (Å²) >= 11 is 0. The van der Waals surface area contributed by atoms with Crippen LogP contribution >= 0.6 is 10.9 Å². The van der Waals surface area contributed by atoms with E-state index in [4.69, 9.17) is 5.73 Å². The predicted octanol–water partition coefficient (Wildman–Crippen LogP) is 1.62. The first-order valence-electron chi connectivity index (χ1n) is 3.60. The van der Waals surface area contributed by atoms with E-state index in [1.165, 1.54) is 0 Å². The standard InChI is InChI=1S/C7H11F2N3S/c1-13(2)7-11-3-4(5(8)9)6(10)12-7/h3,5,13H,1-2H3,(H2,10,11,12).